The van der Waals surface area contributed by atoms with E-state index in [4.69, 9.17) is 16.3 Å². The molecule has 0 saturated carbocycles. The molecule has 0 radical (unpaired) electrons. The summed E-state index contributed by atoms with van der Waals surface area (Å²) in [6, 6.07) is 15.0. The number of hydrogen-bond donors (Lipinski definition) is 1. The van der Waals surface area contributed by atoms with Gasteiger partial charge >= 0.3 is 5.97 Å². The van der Waals surface area contributed by atoms with Crippen molar-refractivity contribution in [2.75, 3.05) is 18.9 Å². The van der Waals surface area contributed by atoms with Crippen LogP contribution in [0.25, 0.3) is 10.8 Å². The molecular weight excluding hydrogens is 442 g/mol. The number of Topliss-reactive ketones (excluding diaryl/α,β-unsaturated/α-hetero) is 1. The second-order valence-electron chi connectivity index (χ2n) is 6.47. The highest BCUT2D eigenvalue weighted by Gasteiger charge is 2.14. The van der Waals surface area contributed by atoms with Gasteiger partial charge in [-0.05, 0) is 36.1 Å². The van der Waals surface area contributed by atoms with Crippen molar-refractivity contribution in [2.24, 2.45) is 0 Å². The fraction of sp³-hybridized carbons (Fsp3) is 0.227. The molecule has 1 heterocycles. The van der Waals surface area contributed by atoms with E-state index in [0.29, 0.717) is 22.9 Å². The predicted octanol–water partition coefficient (Wildman–Crippen LogP) is 4.75. The highest BCUT2D eigenvalue weighted by atomic mass is 35.5. The maximum absolute atomic E-state index is 12.3. The Morgan fingerprint density at radius 3 is 2.63 bits per heavy atom. The van der Waals surface area contributed by atoms with E-state index in [-0.39, 0.29) is 24.1 Å². The van der Waals surface area contributed by atoms with Crippen LogP contribution in [-0.2, 0) is 20.7 Å². The van der Waals surface area contributed by atoms with Crippen LogP contribution in [0.4, 0.5) is 0 Å². The molecule has 0 spiro atoms. The Balaban J connectivity index is 1.49. The molecule has 0 atom stereocenters. The molecule has 0 aliphatic carbocycles. The van der Waals surface area contributed by atoms with Crippen LogP contribution in [0, 0.1) is 0 Å². The molecule has 30 heavy (non-hydrogen) atoms. The Bertz CT molecular complexity index is 1070. The topological polar surface area (TPSA) is 72.5 Å². The van der Waals surface area contributed by atoms with Crippen molar-refractivity contribution in [2.45, 2.75) is 18.2 Å². The quantitative estimate of drug-likeness (QED) is 0.283. The van der Waals surface area contributed by atoms with E-state index in [1.54, 1.807) is 6.07 Å². The average molecular weight is 462 g/mol. The number of benzene rings is 2. The number of amides is 1. The van der Waals surface area contributed by atoms with Gasteiger partial charge in [0.25, 0.3) is 0 Å². The SMILES string of the molecule is CC(=O)NCCc1ccc(C(=O)COC(=O)CSc2cccc3cccc(Cl)c23)s1. The number of ketones is 1. The number of thioether (sulfide) groups is 1. The first-order valence-electron chi connectivity index (χ1n) is 9.26. The molecule has 0 fully saturated rings. The Morgan fingerprint density at radius 2 is 1.87 bits per heavy atom. The smallest absolute Gasteiger partial charge is 0.316 e. The van der Waals surface area contributed by atoms with Crippen molar-refractivity contribution in [1.29, 1.82) is 0 Å². The summed E-state index contributed by atoms with van der Waals surface area (Å²) in [6.07, 6.45) is 0.654. The van der Waals surface area contributed by atoms with E-state index in [2.05, 4.69) is 5.32 Å². The summed E-state index contributed by atoms with van der Waals surface area (Å²) >= 11 is 8.98. The van der Waals surface area contributed by atoms with Crippen LogP contribution in [0.1, 0.15) is 21.5 Å². The van der Waals surface area contributed by atoms with Crippen molar-refractivity contribution >= 4 is 63.1 Å². The van der Waals surface area contributed by atoms with Crippen LogP contribution in [0.3, 0.4) is 0 Å². The Morgan fingerprint density at radius 1 is 1.10 bits per heavy atom. The zero-order valence-corrected chi connectivity index (χ0v) is 18.7. The number of rotatable bonds is 9. The summed E-state index contributed by atoms with van der Waals surface area (Å²) in [7, 11) is 0. The largest absolute Gasteiger partial charge is 0.457 e. The molecular formula is C22H20ClNO4S2. The fourth-order valence-electron chi connectivity index (χ4n) is 2.80. The fourth-order valence-corrected chi connectivity index (χ4v) is 4.98. The number of nitrogens with one attached hydrogen (secondary N) is 1. The molecule has 3 aromatic rings. The first kappa shape index (κ1) is 22.3. The predicted molar refractivity (Wildman–Crippen MR) is 122 cm³/mol. The molecule has 8 heteroatoms. The third-order valence-electron chi connectivity index (χ3n) is 4.21. The van der Waals surface area contributed by atoms with E-state index < -0.39 is 5.97 Å². The Kier molecular flexibility index (Phi) is 7.90. The van der Waals surface area contributed by atoms with Crippen LogP contribution in [0.15, 0.2) is 53.4 Å². The minimum absolute atomic E-state index is 0.0848. The lowest BCUT2D eigenvalue weighted by Gasteiger charge is -2.08. The molecule has 0 unspecified atom stereocenters. The molecule has 5 nitrogen and oxygen atoms in total. The number of carbonyl (C=O) groups excluding carboxylic acids is 3. The maximum atomic E-state index is 12.3. The van der Waals surface area contributed by atoms with Crippen LogP contribution >= 0.6 is 34.7 Å². The summed E-state index contributed by atoms with van der Waals surface area (Å²) in [5, 5.41) is 5.25. The first-order chi connectivity index (χ1) is 14.4. The van der Waals surface area contributed by atoms with Gasteiger partial charge in [-0.1, -0.05) is 35.9 Å². The third-order valence-corrected chi connectivity index (χ3v) is 6.74. The van der Waals surface area contributed by atoms with Gasteiger partial charge in [0.15, 0.2) is 6.61 Å². The molecule has 0 aliphatic heterocycles. The van der Waals surface area contributed by atoms with E-state index >= 15 is 0 Å². The second kappa shape index (κ2) is 10.6. The van der Waals surface area contributed by atoms with Crippen molar-refractivity contribution in [1.82, 2.24) is 5.32 Å². The number of fused-ring (bicyclic) bond motifs is 1. The summed E-state index contributed by atoms with van der Waals surface area (Å²) in [6.45, 7) is 1.69. The zero-order chi connectivity index (χ0) is 21.5. The van der Waals surface area contributed by atoms with Crippen LogP contribution in [-0.4, -0.2) is 36.6 Å². The minimum Gasteiger partial charge on any atom is -0.457 e. The Hall–Kier alpha value is -2.35. The van der Waals surface area contributed by atoms with E-state index in [1.165, 1.54) is 30.0 Å². The standard InChI is InChI=1S/C22H20ClNO4S2/c1-14(25)24-11-10-16-8-9-19(30-16)18(26)12-28-21(27)13-29-20-7-3-5-15-4-2-6-17(23)22(15)20/h2-9H,10-13H2,1H3,(H,24,25). The van der Waals surface area contributed by atoms with Gasteiger partial charge < -0.3 is 10.1 Å². The van der Waals surface area contributed by atoms with Gasteiger partial charge in [-0.25, -0.2) is 0 Å². The van der Waals surface area contributed by atoms with Crippen molar-refractivity contribution in [3.05, 3.63) is 63.3 Å². The summed E-state index contributed by atoms with van der Waals surface area (Å²) < 4.78 is 5.15. The van der Waals surface area contributed by atoms with Crippen LogP contribution < -0.4 is 5.32 Å². The number of esters is 1. The van der Waals surface area contributed by atoms with Crippen molar-refractivity contribution < 1.29 is 19.1 Å². The first-order valence-corrected chi connectivity index (χ1v) is 11.4. The summed E-state index contributed by atoms with van der Waals surface area (Å²) in [5.74, 6) is -0.695. The van der Waals surface area contributed by atoms with E-state index in [0.717, 1.165) is 20.5 Å². The lowest BCUT2D eigenvalue weighted by atomic mass is 10.1. The van der Waals surface area contributed by atoms with E-state index in [1.807, 2.05) is 42.5 Å². The maximum Gasteiger partial charge on any atom is 0.316 e. The normalized spacial score (nSPS) is 10.7. The van der Waals surface area contributed by atoms with Gasteiger partial charge in [0.1, 0.15) is 0 Å². The molecule has 1 amide bonds. The number of ether oxygens (including phenoxy) is 1. The second-order valence-corrected chi connectivity index (χ2v) is 9.06. The molecule has 0 aliphatic rings. The van der Waals surface area contributed by atoms with Crippen LogP contribution in [0.5, 0.6) is 0 Å². The lowest BCUT2D eigenvalue weighted by molar-refractivity contribution is -0.139. The van der Waals surface area contributed by atoms with Gasteiger partial charge in [0.05, 0.1) is 10.6 Å². The number of hydrogen-bond acceptors (Lipinski definition) is 6. The van der Waals surface area contributed by atoms with Gasteiger partial charge in [0, 0.05) is 33.6 Å². The number of carbonyl (C=O) groups is 3. The summed E-state index contributed by atoms with van der Waals surface area (Å²) in [4.78, 5) is 37.7. The lowest BCUT2D eigenvalue weighted by Crippen LogP contribution is -2.22. The molecule has 0 saturated heterocycles. The monoisotopic (exact) mass is 461 g/mol. The molecule has 156 valence electrons. The van der Waals surface area contributed by atoms with E-state index in [9.17, 15) is 14.4 Å². The molecule has 0 bridgehead atoms. The van der Waals surface area contributed by atoms with Gasteiger partial charge in [-0.2, -0.15) is 0 Å². The van der Waals surface area contributed by atoms with Gasteiger partial charge in [0.2, 0.25) is 11.7 Å². The molecule has 1 N–H and O–H groups in total. The zero-order valence-electron chi connectivity index (χ0n) is 16.3. The van der Waals surface area contributed by atoms with Crippen LogP contribution in [0.2, 0.25) is 5.02 Å². The van der Waals surface area contributed by atoms with Gasteiger partial charge in [-0.15, -0.1) is 23.1 Å². The number of thiophene rings is 1. The molecule has 2 aromatic carbocycles. The highest BCUT2D eigenvalue weighted by molar-refractivity contribution is 8.00. The molecule has 1 aromatic heterocycles. The third kappa shape index (κ3) is 6.08. The van der Waals surface area contributed by atoms with Crippen molar-refractivity contribution in [3.63, 3.8) is 0 Å². The number of halogens is 1. The van der Waals surface area contributed by atoms with Crippen molar-refractivity contribution in [3.8, 4) is 0 Å². The minimum atomic E-state index is -0.458. The van der Waals surface area contributed by atoms with Gasteiger partial charge in [-0.3, -0.25) is 14.4 Å². The average Bonchev–Trinajstić information content (AvgIpc) is 3.19. The molecule has 3 rings (SSSR count). The summed E-state index contributed by atoms with van der Waals surface area (Å²) in [5.41, 5.74) is 0. The highest BCUT2D eigenvalue weighted by Crippen LogP contribution is 2.33. The Labute approximate surface area is 187 Å².